The number of nitrogens with zero attached hydrogens (tertiary/aromatic N) is 1. The average molecular weight is 404 g/mol. The predicted octanol–water partition coefficient (Wildman–Crippen LogP) is 4.07. The molecular weight excluding hydrogens is 382 g/mol. The third-order valence-corrected chi connectivity index (χ3v) is 4.84. The predicted molar refractivity (Wildman–Crippen MR) is 103 cm³/mol. The number of fused-ring (bicyclic) bond motifs is 1. The first-order chi connectivity index (χ1) is 12.2. The van der Waals surface area contributed by atoms with Gasteiger partial charge in [-0.2, -0.15) is 0 Å². The number of aromatic nitrogens is 2. The van der Waals surface area contributed by atoms with Gasteiger partial charge in [0.25, 0.3) is 0 Å². The highest BCUT2D eigenvalue weighted by atomic mass is 79.9. The van der Waals surface area contributed by atoms with Crippen LogP contribution < -0.4 is 14.8 Å². The molecule has 1 heterocycles. The van der Waals surface area contributed by atoms with E-state index in [1.807, 2.05) is 30.3 Å². The van der Waals surface area contributed by atoms with Crippen molar-refractivity contribution in [2.24, 2.45) is 0 Å². The normalized spacial score (nSPS) is 11.0. The first-order valence-corrected chi connectivity index (χ1v) is 9.06. The zero-order valence-electron chi connectivity index (χ0n) is 14.4. The molecule has 2 N–H and O–H groups in total. The van der Waals surface area contributed by atoms with Gasteiger partial charge in [0.15, 0.2) is 11.5 Å². The van der Waals surface area contributed by atoms with Gasteiger partial charge in [-0.15, -0.1) is 0 Å². The second-order valence-electron chi connectivity index (χ2n) is 5.74. The Morgan fingerprint density at radius 2 is 1.96 bits per heavy atom. The standard InChI is InChI=1S/C19H22BrN3O2/c1-24-17-10-9-14(20)13(19(17)25-2)12-21-11-5-8-18-22-15-6-3-4-7-16(15)23-18/h3-4,6-7,9-10,21H,5,8,11-12H2,1-2H3,(H,22,23). The number of benzene rings is 2. The van der Waals surface area contributed by atoms with E-state index in [0.717, 1.165) is 57.8 Å². The van der Waals surface area contributed by atoms with E-state index in [0.29, 0.717) is 6.54 Å². The molecule has 0 fully saturated rings. The molecule has 0 bridgehead atoms. The van der Waals surface area contributed by atoms with E-state index in [9.17, 15) is 0 Å². The summed E-state index contributed by atoms with van der Waals surface area (Å²) in [6.45, 7) is 1.60. The summed E-state index contributed by atoms with van der Waals surface area (Å²) in [4.78, 5) is 7.97. The molecule has 0 aliphatic heterocycles. The Hall–Kier alpha value is -2.05. The van der Waals surface area contributed by atoms with Gasteiger partial charge in [0.2, 0.25) is 0 Å². The molecule has 25 heavy (non-hydrogen) atoms. The Balaban J connectivity index is 1.53. The minimum absolute atomic E-state index is 0.709. The van der Waals surface area contributed by atoms with Crippen LogP contribution in [0.3, 0.4) is 0 Å². The molecular formula is C19H22BrN3O2. The maximum Gasteiger partial charge on any atom is 0.166 e. The fourth-order valence-electron chi connectivity index (χ4n) is 2.85. The summed E-state index contributed by atoms with van der Waals surface area (Å²) < 4.78 is 11.9. The summed E-state index contributed by atoms with van der Waals surface area (Å²) in [6.07, 6.45) is 1.92. The molecule has 132 valence electrons. The van der Waals surface area contributed by atoms with E-state index in [1.165, 1.54) is 0 Å². The number of ether oxygens (including phenoxy) is 2. The molecule has 3 rings (SSSR count). The Morgan fingerprint density at radius 3 is 2.72 bits per heavy atom. The molecule has 0 amide bonds. The summed E-state index contributed by atoms with van der Waals surface area (Å²) in [5, 5.41) is 3.47. The lowest BCUT2D eigenvalue weighted by molar-refractivity contribution is 0.350. The summed E-state index contributed by atoms with van der Waals surface area (Å²) in [5.74, 6) is 2.54. The Bertz CT molecular complexity index is 815. The Kier molecular flexibility index (Phi) is 5.94. The Morgan fingerprint density at radius 1 is 1.12 bits per heavy atom. The second-order valence-corrected chi connectivity index (χ2v) is 6.60. The van der Waals surface area contributed by atoms with Crippen molar-refractivity contribution in [3.8, 4) is 11.5 Å². The third-order valence-electron chi connectivity index (χ3n) is 4.10. The third kappa shape index (κ3) is 4.14. The van der Waals surface area contributed by atoms with E-state index >= 15 is 0 Å². The molecule has 6 heteroatoms. The Labute approximate surface area is 155 Å². The van der Waals surface area contributed by atoms with Crippen molar-refractivity contribution in [1.82, 2.24) is 15.3 Å². The molecule has 0 aliphatic carbocycles. The minimum atomic E-state index is 0.709. The fourth-order valence-corrected chi connectivity index (χ4v) is 3.30. The van der Waals surface area contributed by atoms with E-state index < -0.39 is 0 Å². The quantitative estimate of drug-likeness (QED) is 0.556. The summed E-state index contributed by atoms with van der Waals surface area (Å²) in [6, 6.07) is 12.0. The number of halogens is 1. The van der Waals surface area contributed by atoms with Gasteiger partial charge in [-0.25, -0.2) is 4.98 Å². The monoisotopic (exact) mass is 403 g/mol. The van der Waals surface area contributed by atoms with Crippen molar-refractivity contribution in [2.45, 2.75) is 19.4 Å². The summed E-state index contributed by atoms with van der Waals surface area (Å²) >= 11 is 3.59. The number of nitrogens with one attached hydrogen (secondary N) is 2. The summed E-state index contributed by atoms with van der Waals surface area (Å²) in [5.41, 5.74) is 3.18. The summed E-state index contributed by atoms with van der Waals surface area (Å²) in [7, 11) is 3.31. The van der Waals surface area contributed by atoms with Gasteiger partial charge in [-0.3, -0.25) is 0 Å². The van der Waals surface area contributed by atoms with Gasteiger partial charge in [0.05, 0.1) is 25.3 Å². The van der Waals surface area contributed by atoms with Gasteiger partial charge >= 0.3 is 0 Å². The number of hydrogen-bond acceptors (Lipinski definition) is 4. The van der Waals surface area contributed by atoms with Crippen LogP contribution in [-0.2, 0) is 13.0 Å². The molecule has 0 saturated carbocycles. The van der Waals surface area contributed by atoms with Crippen molar-refractivity contribution in [2.75, 3.05) is 20.8 Å². The molecule has 0 unspecified atom stereocenters. The van der Waals surface area contributed by atoms with Crippen LogP contribution in [0.25, 0.3) is 11.0 Å². The van der Waals surface area contributed by atoms with Crippen LogP contribution in [0.4, 0.5) is 0 Å². The highest BCUT2D eigenvalue weighted by Crippen LogP contribution is 2.35. The maximum atomic E-state index is 5.50. The highest BCUT2D eigenvalue weighted by molar-refractivity contribution is 9.10. The average Bonchev–Trinajstić information content (AvgIpc) is 3.05. The molecule has 2 aromatic carbocycles. The number of hydrogen-bond donors (Lipinski definition) is 2. The van der Waals surface area contributed by atoms with Gasteiger partial charge < -0.3 is 19.8 Å². The van der Waals surface area contributed by atoms with Gasteiger partial charge in [0, 0.05) is 23.0 Å². The number of aryl methyl sites for hydroxylation is 1. The number of rotatable bonds is 8. The van der Waals surface area contributed by atoms with Crippen molar-refractivity contribution < 1.29 is 9.47 Å². The number of imidazole rings is 1. The van der Waals surface area contributed by atoms with Crippen LogP contribution in [0.1, 0.15) is 17.8 Å². The topological polar surface area (TPSA) is 59.2 Å². The minimum Gasteiger partial charge on any atom is -0.493 e. The van der Waals surface area contributed by atoms with Crippen LogP contribution in [0.5, 0.6) is 11.5 Å². The second kappa shape index (κ2) is 8.36. The van der Waals surface area contributed by atoms with Crippen molar-refractivity contribution >= 4 is 27.0 Å². The highest BCUT2D eigenvalue weighted by Gasteiger charge is 2.13. The van der Waals surface area contributed by atoms with E-state index in [-0.39, 0.29) is 0 Å². The van der Waals surface area contributed by atoms with E-state index in [1.54, 1.807) is 14.2 Å². The molecule has 0 aliphatic rings. The first kappa shape index (κ1) is 17.8. The van der Waals surface area contributed by atoms with Crippen LogP contribution in [0.15, 0.2) is 40.9 Å². The molecule has 0 radical (unpaired) electrons. The zero-order chi connectivity index (χ0) is 17.6. The molecule has 0 saturated heterocycles. The van der Waals surface area contributed by atoms with Crippen molar-refractivity contribution in [3.05, 3.63) is 52.3 Å². The van der Waals surface area contributed by atoms with Crippen LogP contribution in [-0.4, -0.2) is 30.7 Å². The molecule has 1 aromatic heterocycles. The smallest absolute Gasteiger partial charge is 0.166 e. The lowest BCUT2D eigenvalue weighted by Gasteiger charge is -2.15. The number of aromatic amines is 1. The largest absolute Gasteiger partial charge is 0.493 e. The molecule has 5 nitrogen and oxygen atoms in total. The van der Waals surface area contributed by atoms with E-state index in [2.05, 4.69) is 37.3 Å². The van der Waals surface area contributed by atoms with Crippen molar-refractivity contribution in [1.29, 1.82) is 0 Å². The lowest BCUT2D eigenvalue weighted by Crippen LogP contribution is -2.16. The van der Waals surface area contributed by atoms with Crippen LogP contribution >= 0.6 is 15.9 Å². The van der Waals surface area contributed by atoms with Crippen LogP contribution in [0.2, 0.25) is 0 Å². The molecule has 0 atom stereocenters. The lowest BCUT2D eigenvalue weighted by atomic mass is 10.1. The SMILES string of the molecule is COc1ccc(Br)c(CNCCCc2nc3ccccc3[nH]2)c1OC. The number of methoxy groups -OCH3 is 2. The molecule has 0 spiro atoms. The number of H-pyrrole nitrogens is 1. The van der Waals surface area contributed by atoms with Gasteiger partial charge in [-0.1, -0.05) is 28.1 Å². The first-order valence-electron chi connectivity index (χ1n) is 8.26. The van der Waals surface area contributed by atoms with Crippen molar-refractivity contribution in [3.63, 3.8) is 0 Å². The number of para-hydroxylation sites is 2. The zero-order valence-corrected chi connectivity index (χ0v) is 16.0. The van der Waals surface area contributed by atoms with Gasteiger partial charge in [0.1, 0.15) is 5.82 Å². The fraction of sp³-hybridized carbons (Fsp3) is 0.316. The van der Waals surface area contributed by atoms with E-state index in [4.69, 9.17) is 9.47 Å². The molecule has 3 aromatic rings. The maximum absolute atomic E-state index is 5.50. The van der Waals surface area contributed by atoms with Crippen LogP contribution in [0, 0.1) is 0 Å². The van der Waals surface area contributed by atoms with Gasteiger partial charge in [-0.05, 0) is 37.2 Å².